The van der Waals surface area contributed by atoms with Gasteiger partial charge in [-0.1, -0.05) is 23.7 Å². The number of rotatable bonds is 6. The molecule has 1 aliphatic heterocycles. The van der Waals surface area contributed by atoms with E-state index >= 15 is 0 Å². The Labute approximate surface area is 176 Å². The summed E-state index contributed by atoms with van der Waals surface area (Å²) >= 11 is 5.89. The maximum Gasteiger partial charge on any atom is 0.318 e. The quantitative estimate of drug-likeness (QED) is 0.750. The average Bonchev–Trinajstić information content (AvgIpc) is 2.75. The number of halogens is 1. The van der Waals surface area contributed by atoms with E-state index in [0.717, 1.165) is 37.2 Å². The molecule has 2 aromatic carbocycles. The van der Waals surface area contributed by atoms with Crippen LogP contribution in [-0.2, 0) is 11.2 Å². The zero-order valence-electron chi connectivity index (χ0n) is 16.5. The van der Waals surface area contributed by atoms with E-state index < -0.39 is 0 Å². The average molecular weight is 416 g/mol. The van der Waals surface area contributed by atoms with Crippen LogP contribution in [0.15, 0.2) is 48.5 Å². The number of piperidine rings is 1. The number of amides is 3. The lowest BCUT2D eigenvalue weighted by atomic mass is 9.97. The summed E-state index contributed by atoms with van der Waals surface area (Å²) < 4.78 is 5.89. The Kier molecular flexibility index (Phi) is 7.36. The van der Waals surface area contributed by atoms with Gasteiger partial charge in [0.05, 0.1) is 13.0 Å². The third kappa shape index (κ3) is 6.39. The Morgan fingerprint density at radius 1 is 1.07 bits per heavy atom. The zero-order valence-corrected chi connectivity index (χ0v) is 17.2. The summed E-state index contributed by atoms with van der Waals surface area (Å²) in [6.45, 7) is 2.15. The number of likely N-dealkylation sites (tertiary alicyclic amines) is 1. The van der Waals surface area contributed by atoms with Crippen molar-refractivity contribution >= 4 is 29.2 Å². The van der Waals surface area contributed by atoms with Gasteiger partial charge in [0.15, 0.2) is 0 Å². The molecule has 0 aromatic heterocycles. The number of nitrogens with zero attached hydrogens (tertiary/aromatic N) is 1. The predicted octanol–water partition coefficient (Wildman–Crippen LogP) is 3.95. The van der Waals surface area contributed by atoms with E-state index in [2.05, 4.69) is 10.6 Å². The normalized spacial score (nSPS) is 14.3. The van der Waals surface area contributed by atoms with Crippen molar-refractivity contribution in [1.29, 1.82) is 0 Å². The minimum Gasteiger partial charge on any atom is -0.493 e. The van der Waals surface area contributed by atoms with Gasteiger partial charge in [0.25, 0.3) is 0 Å². The molecule has 0 unspecified atom stereocenters. The van der Waals surface area contributed by atoms with Crippen LogP contribution in [0.1, 0.15) is 18.4 Å². The van der Waals surface area contributed by atoms with Gasteiger partial charge < -0.3 is 20.3 Å². The Morgan fingerprint density at radius 2 is 1.72 bits per heavy atom. The highest BCUT2D eigenvalue weighted by atomic mass is 35.5. The van der Waals surface area contributed by atoms with Crippen LogP contribution < -0.4 is 15.4 Å². The van der Waals surface area contributed by atoms with Crippen LogP contribution in [-0.4, -0.2) is 43.6 Å². The Balaban J connectivity index is 1.40. The van der Waals surface area contributed by atoms with E-state index in [-0.39, 0.29) is 11.9 Å². The Bertz CT molecular complexity index is 816. The molecule has 7 heteroatoms. The smallest absolute Gasteiger partial charge is 0.318 e. The van der Waals surface area contributed by atoms with Gasteiger partial charge >= 0.3 is 6.03 Å². The van der Waals surface area contributed by atoms with Crippen molar-refractivity contribution in [2.45, 2.75) is 19.3 Å². The second kappa shape index (κ2) is 10.2. The molecule has 2 aromatic rings. The molecule has 2 N–H and O–H groups in total. The number of benzene rings is 2. The summed E-state index contributed by atoms with van der Waals surface area (Å²) in [6, 6.07) is 14.5. The van der Waals surface area contributed by atoms with Gasteiger partial charge in [0.2, 0.25) is 5.91 Å². The van der Waals surface area contributed by atoms with Crippen molar-refractivity contribution in [3.8, 4) is 5.75 Å². The van der Waals surface area contributed by atoms with E-state index in [0.29, 0.717) is 29.7 Å². The van der Waals surface area contributed by atoms with Gasteiger partial charge in [-0.05, 0) is 60.7 Å². The number of anilines is 1. The molecule has 0 spiro atoms. The monoisotopic (exact) mass is 415 g/mol. The van der Waals surface area contributed by atoms with Crippen LogP contribution in [0.4, 0.5) is 10.5 Å². The van der Waals surface area contributed by atoms with Gasteiger partial charge in [-0.2, -0.15) is 0 Å². The van der Waals surface area contributed by atoms with Crippen molar-refractivity contribution in [2.75, 3.05) is 32.1 Å². The second-order valence-electron chi connectivity index (χ2n) is 7.17. The fraction of sp³-hybridized carbons (Fsp3) is 0.364. The number of nitrogens with one attached hydrogen (secondary N) is 2. The van der Waals surface area contributed by atoms with Crippen molar-refractivity contribution < 1.29 is 14.3 Å². The maximum absolute atomic E-state index is 12.5. The first-order valence-corrected chi connectivity index (χ1v) is 10.1. The minimum atomic E-state index is -0.254. The van der Waals surface area contributed by atoms with E-state index in [4.69, 9.17) is 16.3 Å². The lowest BCUT2D eigenvalue weighted by molar-refractivity contribution is -0.132. The number of ether oxygens (including phenoxy) is 1. The fourth-order valence-electron chi connectivity index (χ4n) is 3.28. The number of carbonyl (C=O) groups excluding carboxylic acids is 2. The van der Waals surface area contributed by atoms with Crippen LogP contribution >= 0.6 is 11.6 Å². The lowest BCUT2D eigenvalue weighted by Crippen LogP contribution is -2.40. The molecule has 29 heavy (non-hydrogen) atoms. The minimum absolute atomic E-state index is 0.158. The first kappa shape index (κ1) is 21.0. The molecule has 3 amide bonds. The highest BCUT2D eigenvalue weighted by molar-refractivity contribution is 6.30. The Morgan fingerprint density at radius 3 is 2.34 bits per heavy atom. The molecule has 1 heterocycles. The van der Waals surface area contributed by atoms with Crippen LogP contribution in [0.25, 0.3) is 0 Å². The summed E-state index contributed by atoms with van der Waals surface area (Å²) in [6.07, 6.45) is 2.28. The summed E-state index contributed by atoms with van der Waals surface area (Å²) in [5.41, 5.74) is 1.70. The molecule has 0 bridgehead atoms. The number of carbonyl (C=O) groups is 2. The fourth-order valence-corrected chi connectivity index (χ4v) is 3.41. The Hall–Kier alpha value is -2.73. The van der Waals surface area contributed by atoms with E-state index in [9.17, 15) is 9.59 Å². The van der Waals surface area contributed by atoms with Crippen molar-refractivity contribution in [3.63, 3.8) is 0 Å². The second-order valence-corrected chi connectivity index (χ2v) is 7.60. The third-order valence-corrected chi connectivity index (χ3v) is 5.31. The number of hydrogen-bond acceptors (Lipinski definition) is 3. The first-order valence-electron chi connectivity index (χ1n) is 9.77. The zero-order chi connectivity index (χ0) is 20.6. The van der Waals surface area contributed by atoms with Crippen molar-refractivity contribution in [2.24, 2.45) is 5.92 Å². The molecule has 1 fully saturated rings. The molecule has 1 saturated heterocycles. The molecule has 0 aliphatic carbocycles. The highest BCUT2D eigenvalue weighted by Crippen LogP contribution is 2.21. The first-order chi connectivity index (χ1) is 14.0. The van der Waals surface area contributed by atoms with Gasteiger partial charge in [-0.25, -0.2) is 4.79 Å². The van der Waals surface area contributed by atoms with Crippen LogP contribution in [0, 0.1) is 5.92 Å². The highest BCUT2D eigenvalue weighted by Gasteiger charge is 2.23. The summed E-state index contributed by atoms with van der Waals surface area (Å²) in [4.78, 5) is 25.7. The van der Waals surface area contributed by atoms with Gasteiger partial charge in [0.1, 0.15) is 5.75 Å². The summed E-state index contributed by atoms with van der Waals surface area (Å²) in [7, 11) is 1.57. The maximum atomic E-state index is 12.5. The van der Waals surface area contributed by atoms with E-state index in [1.807, 2.05) is 53.4 Å². The molecule has 6 nitrogen and oxygen atoms in total. The van der Waals surface area contributed by atoms with Gasteiger partial charge in [0, 0.05) is 30.8 Å². The molecule has 154 valence electrons. The van der Waals surface area contributed by atoms with E-state index in [1.165, 1.54) is 0 Å². The summed E-state index contributed by atoms with van der Waals surface area (Å²) in [5.74, 6) is 1.36. The molecule has 1 aliphatic rings. The largest absolute Gasteiger partial charge is 0.493 e. The van der Waals surface area contributed by atoms with Crippen LogP contribution in [0.2, 0.25) is 5.02 Å². The molecule has 0 saturated carbocycles. The summed E-state index contributed by atoms with van der Waals surface area (Å²) in [5, 5.41) is 5.90. The standard InChI is InChI=1S/C22H26ClN3O3/c1-24-22(28)25-19-6-8-20(9-7-19)29-15-17-10-12-26(13-11-17)21(27)14-16-2-4-18(23)5-3-16/h2-9,17H,10-15H2,1H3,(H2,24,25,28). The topological polar surface area (TPSA) is 70.7 Å². The molecule has 3 rings (SSSR count). The van der Waals surface area contributed by atoms with Crippen molar-refractivity contribution in [3.05, 3.63) is 59.1 Å². The SMILES string of the molecule is CNC(=O)Nc1ccc(OCC2CCN(C(=O)Cc3ccc(Cl)cc3)CC2)cc1. The number of hydrogen-bond donors (Lipinski definition) is 2. The lowest BCUT2D eigenvalue weighted by Gasteiger charge is -2.32. The third-order valence-electron chi connectivity index (χ3n) is 5.06. The number of urea groups is 1. The van der Waals surface area contributed by atoms with Gasteiger partial charge in [-0.3, -0.25) is 4.79 Å². The predicted molar refractivity (Wildman–Crippen MR) is 114 cm³/mol. The van der Waals surface area contributed by atoms with Crippen LogP contribution in [0.3, 0.4) is 0 Å². The molecule has 0 radical (unpaired) electrons. The van der Waals surface area contributed by atoms with E-state index in [1.54, 1.807) is 7.05 Å². The molecular weight excluding hydrogens is 390 g/mol. The molecule has 0 atom stereocenters. The van der Waals surface area contributed by atoms with Gasteiger partial charge in [-0.15, -0.1) is 0 Å². The molecular formula is C22H26ClN3O3. The van der Waals surface area contributed by atoms with Crippen LogP contribution in [0.5, 0.6) is 5.75 Å². The van der Waals surface area contributed by atoms with Crippen molar-refractivity contribution in [1.82, 2.24) is 10.2 Å².